The number of carbonyl (C=O) groups is 1. The van der Waals surface area contributed by atoms with Crippen LogP contribution in [0.5, 0.6) is 0 Å². The van der Waals surface area contributed by atoms with Gasteiger partial charge in [-0.15, -0.1) is 10.2 Å². The molecular weight excluding hydrogens is 287 g/mol. The first-order valence-corrected chi connectivity index (χ1v) is 6.84. The molecule has 0 aliphatic heterocycles. The van der Waals surface area contributed by atoms with Crippen LogP contribution in [0.25, 0.3) is 0 Å². The molecule has 0 saturated heterocycles. The molecule has 0 fully saturated rings. The zero-order valence-electron chi connectivity index (χ0n) is 11.4. The number of rotatable bonds is 6. The molecule has 0 radical (unpaired) electrons. The molecule has 0 bridgehead atoms. The molecular formula is C12H18Cl2N4O. The highest BCUT2D eigenvalue weighted by molar-refractivity contribution is 6.34. The number of halogens is 2. The van der Waals surface area contributed by atoms with Crippen LogP contribution in [0.2, 0.25) is 10.3 Å². The standard InChI is InChI=1S/C12H18Cl2N4O/c1-4-18(7-5-6-17(2)3)12(19)9-8-10(13)15-16-11(9)14/h8H,4-7H2,1-3H3. The number of nitrogens with zero attached hydrogens (tertiary/aromatic N) is 4. The van der Waals surface area contributed by atoms with E-state index in [2.05, 4.69) is 15.1 Å². The highest BCUT2D eigenvalue weighted by atomic mass is 35.5. The quantitative estimate of drug-likeness (QED) is 0.808. The van der Waals surface area contributed by atoms with Gasteiger partial charge in [0.05, 0.1) is 5.56 Å². The molecule has 0 aromatic carbocycles. The highest BCUT2D eigenvalue weighted by Gasteiger charge is 2.18. The van der Waals surface area contributed by atoms with E-state index in [-0.39, 0.29) is 16.2 Å². The van der Waals surface area contributed by atoms with Crippen molar-refractivity contribution in [3.05, 3.63) is 21.9 Å². The first-order valence-electron chi connectivity index (χ1n) is 6.08. The van der Waals surface area contributed by atoms with Gasteiger partial charge in [-0.2, -0.15) is 0 Å². The van der Waals surface area contributed by atoms with Crippen molar-refractivity contribution in [1.29, 1.82) is 0 Å². The Morgan fingerprint density at radius 1 is 1.26 bits per heavy atom. The van der Waals surface area contributed by atoms with Gasteiger partial charge < -0.3 is 9.80 Å². The summed E-state index contributed by atoms with van der Waals surface area (Å²) in [6.45, 7) is 4.14. The van der Waals surface area contributed by atoms with Crippen LogP contribution in [-0.4, -0.2) is 59.6 Å². The fourth-order valence-corrected chi connectivity index (χ4v) is 1.97. The monoisotopic (exact) mass is 304 g/mol. The Hall–Kier alpha value is -0.910. The first kappa shape index (κ1) is 16.1. The summed E-state index contributed by atoms with van der Waals surface area (Å²) in [7, 11) is 4.00. The Balaban J connectivity index is 2.75. The third-order valence-electron chi connectivity index (χ3n) is 2.65. The Morgan fingerprint density at radius 2 is 1.95 bits per heavy atom. The molecule has 0 aliphatic carbocycles. The lowest BCUT2D eigenvalue weighted by molar-refractivity contribution is 0.0759. The van der Waals surface area contributed by atoms with Crippen LogP contribution in [0.15, 0.2) is 6.07 Å². The smallest absolute Gasteiger partial charge is 0.257 e. The Labute approximate surface area is 123 Å². The molecule has 0 N–H and O–H groups in total. The fourth-order valence-electron chi connectivity index (χ4n) is 1.65. The molecule has 0 aliphatic rings. The molecule has 1 aromatic rings. The lowest BCUT2D eigenvalue weighted by Crippen LogP contribution is -2.33. The van der Waals surface area contributed by atoms with E-state index in [1.165, 1.54) is 6.07 Å². The van der Waals surface area contributed by atoms with Gasteiger partial charge >= 0.3 is 0 Å². The SMILES string of the molecule is CCN(CCCN(C)C)C(=O)c1cc(Cl)nnc1Cl. The van der Waals surface area contributed by atoms with Crippen LogP contribution < -0.4 is 0 Å². The van der Waals surface area contributed by atoms with Crippen LogP contribution >= 0.6 is 23.2 Å². The van der Waals surface area contributed by atoms with E-state index < -0.39 is 0 Å². The van der Waals surface area contributed by atoms with Crippen molar-refractivity contribution < 1.29 is 4.79 Å². The lowest BCUT2D eigenvalue weighted by atomic mass is 10.2. The Bertz CT molecular complexity index is 440. The van der Waals surface area contributed by atoms with Crippen molar-refractivity contribution >= 4 is 29.1 Å². The number of carbonyl (C=O) groups excluding carboxylic acids is 1. The van der Waals surface area contributed by atoms with Gasteiger partial charge in [0.1, 0.15) is 0 Å². The van der Waals surface area contributed by atoms with Gasteiger partial charge in [0.15, 0.2) is 10.3 Å². The van der Waals surface area contributed by atoms with Crippen molar-refractivity contribution in [2.75, 3.05) is 33.7 Å². The van der Waals surface area contributed by atoms with Gasteiger partial charge in [0.2, 0.25) is 0 Å². The molecule has 106 valence electrons. The van der Waals surface area contributed by atoms with E-state index in [0.717, 1.165) is 13.0 Å². The average Bonchev–Trinajstić information content (AvgIpc) is 2.36. The predicted octanol–water partition coefficient (Wildman–Crippen LogP) is 2.20. The van der Waals surface area contributed by atoms with Gasteiger partial charge in [-0.25, -0.2) is 0 Å². The second-order valence-corrected chi connectivity index (χ2v) is 5.16. The minimum Gasteiger partial charge on any atom is -0.339 e. The molecule has 1 heterocycles. The van der Waals surface area contributed by atoms with Crippen molar-refractivity contribution in [2.24, 2.45) is 0 Å². The molecule has 1 aromatic heterocycles. The molecule has 0 spiro atoms. The summed E-state index contributed by atoms with van der Waals surface area (Å²) >= 11 is 11.6. The molecule has 0 unspecified atom stereocenters. The number of amides is 1. The summed E-state index contributed by atoms with van der Waals surface area (Å²) in [5.41, 5.74) is 0.299. The van der Waals surface area contributed by atoms with Crippen molar-refractivity contribution in [3.63, 3.8) is 0 Å². The van der Waals surface area contributed by atoms with Crippen molar-refractivity contribution in [2.45, 2.75) is 13.3 Å². The Morgan fingerprint density at radius 3 is 2.53 bits per heavy atom. The molecule has 0 atom stereocenters. The minimum absolute atomic E-state index is 0.0838. The van der Waals surface area contributed by atoms with E-state index >= 15 is 0 Å². The van der Waals surface area contributed by atoms with E-state index in [1.54, 1.807) is 4.90 Å². The maximum Gasteiger partial charge on any atom is 0.257 e. The molecule has 1 amide bonds. The van der Waals surface area contributed by atoms with Crippen molar-refractivity contribution in [1.82, 2.24) is 20.0 Å². The third-order valence-corrected chi connectivity index (χ3v) is 3.12. The maximum atomic E-state index is 12.3. The molecule has 5 nitrogen and oxygen atoms in total. The highest BCUT2D eigenvalue weighted by Crippen LogP contribution is 2.17. The number of aromatic nitrogens is 2. The zero-order chi connectivity index (χ0) is 14.4. The van der Waals surface area contributed by atoms with E-state index in [1.807, 2.05) is 21.0 Å². The summed E-state index contributed by atoms with van der Waals surface area (Å²) in [6.07, 6.45) is 0.899. The topological polar surface area (TPSA) is 49.3 Å². The van der Waals surface area contributed by atoms with E-state index in [4.69, 9.17) is 23.2 Å². The largest absolute Gasteiger partial charge is 0.339 e. The molecule has 7 heteroatoms. The normalized spacial score (nSPS) is 10.8. The van der Waals surface area contributed by atoms with Gasteiger partial charge in [-0.1, -0.05) is 23.2 Å². The van der Waals surface area contributed by atoms with Crippen LogP contribution in [0, 0.1) is 0 Å². The minimum atomic E-state index is -0.164. The number of hydrogen-bond donors (Lipinski definition) is 0. The van der Waals surface area contributed by atoms with E-state index in [9.17, 15) is 4.79 Å². The first-order chi connectivity index (χ1) is 8.95. The second-order valence-electron chi connectivity index (χ2n) is 4.41. The molecule has 0 saturated carbocycles. The Kier molecular flexibility index (Phi) is 6.48. The summed E-state index contributed by atoms with van der Waals surface area (Å²) in [5, 5.41) is 7.50. The average molecular weight is 305 g/mol. The van der Waals surface area contributed by atoms with Crippen molar-refractivity contribution in [3.8, 4) is 0 Å². The van der Waals surface area contributed by atoms with Gasteiger partial charge in [0.25, 0.3) is 5.91 Å². The van der Waals surface area contributed by atoms with Crippen LogP contribution in [-0.2, 0) is 0 Å². The van der Waals surface area contributed by atoms with Gasteiger partial charge in [-0.05, 0) is 40.1 Å². The van der Waals surface area contributed by atoms with Gasteiger partial charge in [0, 0.05) is 13.1 Å². The van der Waals surface area contributed by atoms with Crippen LogP contribution in [0.1, 0.15) is 23.7 Å². The summed E-state index contributed by atoms with van der Waals surface area (Å²) < 4.78 is 0. The lowest BCUT2D eigenvalue weighted by Gasteiger charge is -2.22. The third kappa shape index (κ3) is 4.93. The number of hydrogen-bond acceptors (Lipinski definition) is 4. The van der Waals surface area contributed by atoms with Crippen LogP contribution in [0.3, 0.4) is 0 Å². The fraction of sp³-hybridized carbons (Fsp3) is 0.583. The van der Waals surface area contributed by atoms with Gasteiger partial charge in [-0.3, -0.25) is 4.79 Å². The zero-order valence-corrected chi connectivity index (χ0v) is 12.9. The summed E-state index contributed by atoms with van der Waals surface area (Å²) in [6, 6.07) is 1.45. The summed E-state index contributed by atoms with van der Waals surface area (Å²) in [4.78, 5) is 16.1. The molecule has 1 rings (SSSR count). The maximum absolute atomic E-state index is 12.3. The molecule has 19 heavy (non-hydrogen) atoms. The predicted molar refractivity (Wildman–Crippen MR) is 76.8 cm³/mol. The van der Waals surface area contributed by atoms with E-state index in [0.29, 0.717) is 18.7 Å². The summed E-state index contributed by atoms with van der Waals surface area (Å²) in [5.74, 6) is -0.164. The van der Waals surface area contributed by atoms with Crippen LogP contribution in [0.4, 0.5) is 0 Å². The second kappa shape index (κ2) is 7.62.